The van der Waals surface area contributed by atoms with Gasteiger partial charge in [-0.15, -0.1) is 0 Å². The largest absolute Gasteiger partial charge is 0.354 e. The van der Waals surface area contributed by atoms with Gasteiger partial charge in [0, 0.05) is 25.2 Å². The van der Waals surface area contributed by atoms with E-state index in [0.717, 1.165) is 6.42 Å². The smallest absolute Gasteiger partial charge is 0.252 e. The Balaban J connectivity index is 2.44. The Morgan fingerprint density at radius 2 is 2.19 bits per heavy atom. The van der Waals surface area contributed by atoms with Gasteiger partial charge in [-0.1, -0.05) is 18.5 Å². The molecule has 7 nitrogen and oxygen atoms in total. The van der Waals surface area contributed by atoms with Crippen LogP contribution in [0.2, 0.25) is 5.02 Å². The van der Waals surface area contributed by atoms with Crippen molar-refractivity contribution in [2.24, 2.45) is 5.84 Å². The first-order chi connectivity index (χ1) is 9.97. The molecule has 1 aromatic heterocycles. The van der Waals surface area contributed by atoms with Crippen molar-refractivity contribution in [3.63, 3.8) is 0 Å². The summed E-state index contributed by atoms with van der Waals surface area (Å²) in [4.78, 5) is 27.3. The lowest BCUT2D eigenvalue weighted by Crippen LogP contribution is -2.35. The quantitative estimate of drug-likeness (QED) is 0.444. The molecule has 1 rings (SSSR count). The first kappa shape index (κ1) is 17.2. The van der Waals surface area contributed by atoms with Gasteiger partial charge in [-0.25, -0.2) is 10.8 Å². The second kappa shape index (κ2) is 8.43. The van der Waals surface area contributed by atoms with Crippen LogP contribution in [-0.2, 0) is 4.79 Å². The molecule has 1 heterocycles. The van der Waals surface area contributed by atoms with E-state index in [1.165, 1.54) is 12.3 Å². The van der Waals surface area contributed by atoms with Gasteiger partial charge in [-0.2, -0.15) is 0 Å². The number of hydrogen-bond donors (Lipinski definition) is 4. The number of nitrogens with zero attached hydrogens (tertiary/aromatic N) is 1. The number of rotatable bonds is 7. The Morgan fingerprint density at radius 1 is 1.48 bits per heavy atom. The molecule has 8 heteroatoms. The van der Waals surface area contributed by atoms with Crippen LogP contribution >= 0.6 is 11.6 Å². The number of pyridine rings is 1. The van der Waals surface area contributed by atoms with E-state index in [1.807, 2.05) is 13.8 Å². The molecule has 0 spiro atoms. The Labute approximate surface area is 128 Å². The van der Waals surface area contributed by atoms with Gasteiger partial charge in [0.25, 0.3) is 5.91 Å². The zero-order valence-corrected chi connectivity index (χ0v) is 12.8. The third kappa shape index (κ3) is 5.57. The monoisotopic (exact) mass is 313 g/mol. The SMILES string of the molecule is CCC(C)NC(=O)CCNC(=O)c1cnc(NN)c(Cl)c1. The van der Waals surface area contributed by atoms with Gasteiger partial charge < -0.3 is 16.1 Å². The molecule has 0 aromatic carbocycles. The van der Waals surface area contributed by atoms with Crippen LogP contribution in [0.1, 0.15) is 37.0 Å². The van der Waals surface area contributed by atoms with Gasteiger partial charge in [0.15, 0.2) is 5.82 Å². The summed E-state index contributed by atoms with van der Waals surface area (Å²) < 4.78 is 0. The fraction of sp³-hybridized carbons (Fsp3) is 0.462. The van der Waals surface area contributed by atoms with E-state index < -0.39 is 0 Å². The fourth-order valence-electron chi connectivity index (χ4n) is 1.51. The van der Waals surface area contributed by atoms with Crippen molar-refractivity contribution in [1.29, 1.82) is 0 Å². The van der Waals surface area contributed by atoms with Crippen LogP contribution in [0.4, 0.5) is 5.82 Å². The third-order valence-electron chi connectivity index (χ3n) is 2.90. The first-order valence-electron chi connectivity index (χ1n) is 6.67. The van der Waals surface area contributed by atoms with Crippen molar-refractivity contribution in [2.75, 3.05) is 12.0 Å². The van der Waals surface area contributed by atoms with Crippen LogP contribution in [0, 0.1) is 0 Å². The first-order valence-corrected chi connectivity index (χ1v) is 7.05. The van der Waals surface area contributed by atoms with Gasteiger partial charge in [0.2, 0.25) is 5.91 Å². The van der Waals surface area contributed by atoms with Crippen LogP contribution in [0.5, 0.6) is 0 Å². The topological polar surface area (TPSA) is 109 Å². The van der Waals surface area contributed by atoms with Crippen molar-refractivity contribution >= 4 is 29.2 Å². The van der Waals surface area contributed by atoms with Gasteiger partial charge in [-0.05, 0) is 19.4 Å². The standard InChI is InChI=1S/C13H20ClN5O2/c1-3-8(2)18-11(20)4-5-16-13(21)9-6-10(14)12(19-15)17-7-9/h6-8H,3-5,15H2,1-2H3,(H,16,21)(H,17,19)(H,18,20). The van der Waals surface area contributed by atoms with Crippen LogP contribution in [0.3, 0.4) is 0 Å². The van der Waals surface area contributed by atoms with Crippen molar-refractivity contribution in [2.45, 2.75) is 32.7 Å². The second-order valence-corrected chi connectivity index (χ2v) is 4.99. The lowest BCUT2D eigenvalue weighted by molar-refractivity contribution is -0.121. The van der Waals surface area contributed by atoms with Gasteiger partial charge in [-0.3, -0.25) is 9.59 Å². The number of nitrogens with one attached hydrogen (secondary N) is 3. The molecule has 0 fully saturated rings. The summed E-state index contributed by atoms with van der Waals surface area (Å²) in [5, 5.41) is 5.71. The molecule has 0 bridgehead atoms. The number of halogens is 1. The maximum absolute atomic E-state index is 11.9. The Morgan fingerprint density at radius 3 is 2.76 bits per heavy atom. The van der Waals surface area contributed by atoms with E-state index >= 15 is 0 Å². The summed E-state index contributed by atoms with van der Waals surface area (Å²) >= 11 is 5.88. The second-order valence-electron chi connectivity index (χ2n) is 4.58. The summed E-state index contributed by atoms with van der Waals surface area (Å²) in [6.07, 6.45) is 2.44. The molecule has 1 aromatic rings. The van der Waals surface area contributed by atoms with E-state index in [2.05, 4.69) is 21.0 Å². The molecule has 21 heavy (non-hydrogen) atoms. The molecule has 0 aliphatic heterocycles. The molecule has 0 saturated carbocycles. The molecular weight excluding hydrogens is 294 g/mol. The van der Waals surface area contributed by atoms with E-state index in [0.29, 0.717) is 11.4 Å². The van der Waals surface area contributed by atoms with Gasteiger partial charge in [0.05, 0.1) is 10.6 Å². The summed E-state index contributed by atoms with van der Waals surface area (Å²) in [6, 6.07) is 1.59. The lowest BCUT2D eigenvalue weighted by atomic mass is 10.2. The average molecular weight is 314 g/mol. The molecule has 2 amide bonds. The highest BCUT2D eigenvalue weighted by Crippen LogP contribution is 2.18. The minimum absolute atomic E-state index is 0.0940. The zero-order valence-electron chi connectivity index (χ0n) is 12.1. The molecular formula is C13H20ClN5O2. The molecule has 116 valence electrons. The molecule has 0 aliphatic carbocycles. The molecule has 5 N–H and O–H groups in total. The predicted octanol–water partition coefficient (Wildman–Crippen LogP) is 1.06. The average Bonchev–Trinajstić information content (AvgIpc) is 2.46. The highest BCUT2D eigenvalue weighted by Gasteiger charge is 2.10. The maximum atomic E-state index is 11.9. The van der Waals surface area contributed by atoms with Crippen LogP contribution in [0.15, 0.2) is 12.3 Å². The Bertz CT molecular complexity index is 509. The normalized spacial score (nSPS) is 11.6. The van der Waals surface area contributed by atoms with Crippen molar-refractivity contribution in [3.05, 3.63) is 22.8 Å². The molecule has 0 radical (unpaired) electrons. The number of hydrazine groups is 1. The van der Waals surface area contributed by atoms with Crippen molar-refractivity contribution in [1.82, 2.24) is 15.6 Å². The van der Waals surface area contributed by atoms with Crippen LogP contribution < -0.4 is 21.9 Å². The number of carbonyl (C=O) groups excluding carboxylic acids is 2. The number of aromatic nitrogens is 1. The number of amides is 2. The lowest BCUT2D eigenvalue weighted by Gasteiger charge is -2.11. The fourth-order valence-corrected chi connectivity index (χ4v) is 1.73. The van der Waals surface area contributed by atoms with E-state index in [1.54, 1.807) is 0 Å². The summed E-state index contributed by atoms with van der Waals surface area (Å²) in [5.74, 6) is 5.06. The molecule has 1 unspecified atom stereocenters. The summed E-state index contributed by atoms with van der Waals surface area (Å²) in [6.45, 7) is 4.16. The predicted molar refractivity (Wildman–Crippen MR) is 81.9 cm³/mol. The summed E-state index contributed by atoms with van der Waals surface area (Å²) in [5.41, 5.74) is 2.62. The molecule has 0 saturated heterocycles. The number of anilines is 1. The minimum Gasteiger partial charge on any atom is -0.354 e. The number of nitrogen functional groups attached to an aromatic ring is 1. The van der Waals surface area contributed by atoms with Crippen LogP contribution in [-0.4, -0.2) is 29.4 Å². The van der Waals surface area contributed by atoms with Crippen molar-refractivity contribution < 1.29 is 9.59 Å². The van der Waals surface area contributed by atoms with E-state index in [9.17, 15) is 9.59 Å². The number of hydrogen-bond acceptors (Lipinski definition) is 5. The van der Waals surface area contributed by atoms with Crippen LogP contribution in [0.25, 0.3) is 0 Å². The van der Waals surface area contributed by atoms with Gasteiger partial charge >= 0.3 is 0 Å². The van der Waals surface area contributed by atoms with E-state index in [-0.39, 0.29) is 35.8 Å². The highest BCUT2D eigenvalue weighted by atomic mass is 35.5. The molecule has 1 atom stereocenters. The summed E-state index contributed by atoms with van der Waals surface area (Å²) in [7, 11) is 0. The van der Waals surface area contributed by atoms with Gasteiger partial charge in [0.1, 0.15) is 0 Å². The zero-order chi connectivity index (χ0) is 15.8. The maximum Gasteiger partial charge on any atom is 0.252 e. The Hall–Kier alpha value is -1.86. The van der Waals surface area contributed by atoms with E-state index in [4.69, 9.17) is 17.4 Å². The highest BCUT2D eigenvalue weighted by molar-refractivity contribution is 6.33. The third-order valence-corrected chi connectivity index (χ3v) is 3.19. The number of nitrogens with two attached hydrogens (primary N) is 1. The Kier molecular flexibility index (Phi) is 6.90. The minimum atomic E-state index is -0.343. The van der Waals surface area contributed by atoms with Crippen molar-refractivity contribution in [3.8, 4) is 0 Å². The molecule has 0 aliphatic rings. The number of carbonyl (C=O) groups is 2.